The fourth-order valence-corrected chi connectivity index (χ4v) is 1.91. The zero-order chi connectivity index (χ0) is 13.8. The molecule has 0 spiro atoms. The zero-order valence-electron chi connectivity index (χ0n) is 10.8. The predicted octanol–water partition coefficient (Wildman–Crippen LogP) is 3.29. The number of hydrogen-bond acceptors (Lipinski definition) is 2. The Morgan fingerprint density at radius 3 is 2.74 bits per heavy atom. The van der Waals surface area contributed by atoms with Crippen LogP contribution in [0.25, 0.3) is 16.5 Å². The van der Waals surface area contributed by atoms with E-state index in [1.54, 1.807) is 49.6 Å². The van der Waals surface area contributed by atoms with Crippen LogP contribution in [-0.4, -0.2) is 12.1 Å². The summed E-state index contributed by atoms with van der Waals surface area (Å²) in [6, 6.07) is 6.88. The van der Waals surface area contributed by atoms with Gasteiger partial charge in [-0.3, -0.25) is 4.79 Å². The molecule has 2 rings (SSSR count). The molecule has 1 aromatic heterocycles. The predicted molar refractivity (Wildman–Crippen MR) is 79.5 cm³/mol. The minimum Gasteiger partial charge on any atom is -0.497 e. The molecular weight excluding hydrogens is 238 g/mol. The lowest BCUT2D eigenvalue weighted by Crippen LogP contribution is -2.04. The highest BCUT2D eigenvalue weighted by atomic mass is 16.5. The van der Waals surface area contributed by atoms with Crippen molar-refractivity contribution in [3.63, 3.8) is 0 Å². The number of H-pyrrole nitrogens is 1. The zero-order valence-corrected chi connectivity index (χ0v) is 10.8. The summed E-state index contributed by atoms with van der Waals surface area (Å²) in [6.45, 7) is 7.39. The lowest BCUT2D eigenvalue weighted by molar-refractivity contribution is 0.415. The molecule has 0 radical (unpaired) electrons. The van der Waals surface area contributed by atoms with Gasteiger partial charge in [0.05, 0.1) is 12.6 Å². The van der Waals surface area contributed by atoms with Gasteiger partial charge in [-0.05, 0) is 17.7 Å². The Hall–Kier alpha value is -2.55. The first-order valence-electron chi connectivity index (χ1n) is 5.86. The number of fused-ring (bicyclic) bond motifs is 1. The van der Waals surface area contributed by atoms with Gasteiger partial charge in [-0.25, -0.2) is 0 Å². The molecule has 1 aromatic carbocycles. The number of hydrogen-bond donors (Lipinski definition) is 1. The van der Waals surface area contributed by atoms with Crippen LogP contribution in [-0.2, 0) is 0 Å². The third kappa shape index (κ3) is 2.50. The molecule has 96 valence electrons. The van der Waals surface area contributed by atoms with Crippen LogP contribution in [0, 0.1) is 0 Å². The van der Waals surface area contributed by atoms with Crippen molar-refractivity contribution in [3.8, 4) is 5.75 Å². The Morgan fingerprint density at radius 2 is 2.11 bits per heavy atom. The quantitative estimate of drug-likeness (QED) is 0.849. The van der Waals surface area contributed by atoms with Gasteiger partial charge in [-0.15, -0.1) is 0 Å². The van der Waals surface area contributed by atoms with Gasteiger partial charge in [0.15, 0.2) is 5.43 Å². The van der Waals surface area contributed by atoms with Gasteiger partial charge >= 0.3 is 0 Å². The first kappa shape index (κ1) is 12.9. The van der Waals surface area contributed by atoms with Crippen LogP contribution in [0.2, 0.25) is 0 Å². The van der Waals surface area contributed by atoms with Crippen molar-refractivity contribution in [1.82, 2.24) is 4.98 Å². The molecule has 1 N–H and O–H groups in total. The van der Waals surface area contributed by atoms with Gasteiger partial charge in [0, 0.05) is 23.2 Å². The Labute approximate surface area is 111 Å². The summed E-state index contributed by atoms with van der Waals surface area (Å²) in [5, 5.41) is 0.631. The van der Waals surface area contributed by atoms with Crippen molar-refractivity contribution >= 4 is 16.5 Å². The monoisotopic (exact) mass is 253 g/mol. The molecule has 0 aliphatic rings. The summed E-state index contributed by atoms with van der Waals surface area (Å²) < 4.78 is 5.16. The van der Waals surface area contributed by atoms with E-state index in [4.69, 9.17) is 4.74 Å². The Balaban J connectivity index is 2.72. The van der Waals surface area contributed by atoms with E-state index in [0.29, 0.717) is 16.8 Å². The van der Waals surface area contributed by atoms with Gasteiger partial charge in [0.1, 0.15) is 5.75 Å². The highest BCUT2D eigenvalue weighted by Crippen LogP contribution is 2.19. The molecule has 0 bridgehead atoms. The summed E-state index contributed by atoms with van der Waals surface area (Å²) in [7, 11) is 1.59. The number of ether oxygens (including phenoxy) is 1. The van der Waals surface area contributed by atoms with Gasteiger partial charge in [-0.2, -0.15) is 0 Å². The van der Waals surface area contributed by atoms with Gasteiger partial charge in [0.2, 0.25) is 0 Å². The number of rotatable bonds is 4. The Bertz CT molecular complexity index is 723. The average Bonchev–Trinajstić information content (AvgIpc) is 2.43. The highest BCUT2D eigenvalue weighted by molar-refractivity contribution is 5.83. The number of aromatic amines is 1. The summed E-state index contributed by atoms with van der Waals surface area (Å²) in [5.41, 5.74) is 2.22. The molecule has 0 fully saturated rings. The molecule has 0 aliphatic carbocycles. The lowest BCUT2D eigenvalue weighted by Gasteiger charge is -2.06. The second kappa shape index (κ2) is 5.40. The minimum atomic E-state index is -0.0387. The smallest absolute Gasteiger partial charge is 0.190 e. The average molecular weight is 253 g/mol. The third-order valence-electron chi connectivity index (χ3n) is 2.87. The maximum Gasteiger partial charge on any atom is 0.190 e. The number of allylic oxidation sites excluding steroid dienone is 4. The van der Waals surface area contributed by atoms with Crippen LogP contribution in [0.4, 0.5) is 0 Å². The first-order valence-corrected chi connectivity index (χ1v) is 5.86. The van der Waals surface area contributed by atoms with E-state index in [2.05, 4.69) is 18.1 Å². The Morgan fingerprint density at radius 1 is 1.32 bits per heavy atom. The first-order chi connectivity index (χ1) is 9.19. The molecule has 1 heterocycles. The molecule has 2 aromatic rings. The van der Waals surface area contributed by atoms with Crippen LogP contribution < -0.4 is 10.2 Å². The van der Waals surface area contributed by atoms with E-state index in [1.807, 2.05) is 0 Å². The molecule has 0 atom stereocenters. The second-order valence-corrected chi connectivity index (χ2v) is 4.02. The van der Waals surface area contributed by atoms with E-state index < -0.39 is 0 Å². The third-order valence-corrected chi connectivity index (χ3v) is 2.87. The van der Waals surface area contributed by atoms with E-state index in [1.165, 1.54) is 0 Å². The molecule has 0 saturated heterocycles. The van der Waals surface area contributed by atoms with Crippen LogP contribution in [0.5, 0.6) is 5.75 Å². The minimum absolute atomic E-state index is 0.0387. The number of pyridine rings is 1. The summed E-state index contributed by atoms with van der Waals surface area (Å²) in [4.78, 5) is 15.3. The van der Waals surface area contributed by atoms with Crippen molar-refractivity contribution in [2.45, 2.75) is 0 Å². The molecular formula is C16H15NO2. The van der Waals surface area contributed by atoms with Gasteiger partial charge in [-0.1, -0.05) is 31.4 Å². The molecule has 3 heteroatoms. The van der Waals surface area contributed by atoms with Crippen molar-refractivity contribution < 1.29 is 4.74 Å². The topological polar surface area (TPSA) is 42.1 Å². The number of aromatic nitrogens is 1. The van der Waals surface area contributed by atoms with E-state index >= 15 is 0 Å². The standard InChI is InChI=1S/C16H15NO2/c1-4-6-11(5-2)14-10-16(18)13-8-7-12(19-3)9-15(13)17-14/h4-10H,1-2H2,3H3,(H,17,18)/b11-6+. The van der Waals surface area contributed by atoms with E-state index in [-0.39, 0.29) is 5.43 Å². The van der Waals surface area contributed by atoms with Crippen LogP contribution in [0.3, 0.4) is 0 Å². The van der Waals surface area contributed by atoms with Gasteiger partial charge in [0.25, 0.3) is 0 Å². The number of methoxy groups -OCH3 is 1. The second-order valence-electron chi connectivity index (χ2n) is 4.02. The maximum absolute atomic E-state index is 12.1. The van der Waals surface area contributed by atoms with Crippen molar-refractivity contribution in [2.75, 3.05) is 7.11 Å². The molecule has 19 heavy (non-hydrogen) atoms. The van der Waals surface area contributed by atoms with Crippen molar-refractivity contribution in [2.24, 2.45) is 0 Å². The molecule has 3 nitrogen and oxygen atoms in total. The summed E-state index contributed by atoms with van der Waals surface area (Å²) in [5.74, 6) is 0.702. The number of benzene rings is 1. The molecule has 0 aliphatic heterocycles. The maximum atomic E-state index is 12.1. The SMILES string of the molecule is C=C/C=C(\C=C)c1cc(=O)c2ccc(OC)cc2[nH]1. The van der Waals surface area contributed by atoms with Gasteiger partial charge < -0.3 is 9.72 Å². The Kier molecular flexibility index (Phi) is 3.66. The largest absolute Gasteiger partial charge is 0.497 e. The summed E-state index contributed by atoms with van der Waals surface area (Å²) >= 11 is 0. The molecule has 0 unspecified atom stereocenters. The highest BCUT2D eigenvalue weighted by Gasteiger charge is 2.05. The normalized spacial score (nSPS) is 11.3. The van der Waals surface area contributed by atoms with Crippen LogP contribution >= 0.6 is 0 Å². The fraction of sp³-hybridized carbons (Fsp3) is 0.0625. The molecule has 0 amide bonds. The lowest BCUT2D eigenvalue weighted by atomic mass is 10.1. The number of nitrogens with one attached hydrogen (secondary N) is 1. The fourth-order valence-electron chi connectivity index (χ4n) is 1.91. The van der Waals surface area contributed by atoms with Crippen LogP contribution in [0.1, 0.15) is 5.69 Å². The van der Waals surface area contributed by atoms with Crippen molar-refractivity contribution in [3.05, 3.63) is 71.6 Å². The van der Waals surface area contributed by atoms with Crippen LogP contribution in [0.15, 0.2) is 60.4 Å². The van der Waals surface area contributed by atoms with E-state index in [0.717, 1.165) is 11.1 Å². The van der Waals surface area contributed by atoms with E-state index in [9.17, 15) is 4.79 Å². The van der Waals surface area contributed by atoms with Crippen molar-refractivity contribution in [1.29, 1.82) is 0 Å². The summed E-state index contributed by atoms with van der Waals surface area (Å²) in [6.07, 6.45) is 5.13. The molecule has 0 saturated carbocycles.